The lowest BCUT2D eigenvalue weighted by Gasteiger charge is -2.08. The summed E-state index contributed by atoms with van der Waals surface area (Å²) in [5, 5.41) is 8.48. The number of nitrogens with zero attached hydrogens (tertiary/aromatic N) is 1. The summed E-state index contributed by atoms with van der Waals surface area (Å²) in [7, 11) is 0. The summed E-state index contributed by atoms with van der Waals surface area (Å²) in [6, 6.07) is 3.51. The van der Waals surface area contributed by atoms with E-state index in [1.165, 1.54) is 0 Å². The lowest BCUT2D eigenvalue weighted by molar-refractivity contribution is 0.107. The highest BCUT2D eigenvalue weighted by molar-refractivity contribution is 5.37. The van der Waals surface area contributed by atoms with Gasteiger partial charge in [0.05, 0.1) is 18.2 Å². The maximum absolute atomic E-state index is 13.3. The Hall–Kier alpha value is -1.67. The van der Waals surface area contributed by atoms with Crippen LogP contribution in [0, 0.1) is 23.0 Å². The van der Waals surface area contributed by atoms with Crippen molar-refractivity contribution < 1.29 is 18.3 Å². The van der Waals surface area contributed by atoms with Gasteiger partial charge in [-0.15, -0.1) is 0 Å². The van der Waals surface area contributed by atoms with Crippen LogP contribution < -0.4 is 4.74 Å². The summed E-state index contributed by atoms with van der Waals surface area (Å²) in [6.45, 7) is 2.65. The minimum atomic E-state index is -0.881. The Morgan fingerprint density at radius 1 is 1.25 bits per heavy atom. The first-order chi connectivity index (χ1) is 7.69. The molecular weight excluding hydrogens is 216 g/mol. The first-order valence-electron chi connectivity index (χ1n) is 4.78. The van der Waals surface area contributed by atoms with E-state index in [4.69, 9.17) is 14.7 Å². The van der Waals surface area contributed by atoms with E-state index in [9.17, 15) is 8.78 Å². The SMILES string of the molecule is CCOCCOc1c(F)cc(C#N)cc1F. The van der Waals surface area contributed by atoms with Crippen molar-refractivity contribution in [2.45, 2.75) is 6.92 Å². The van der Waals surface area contributed by atoms with Crippen LogP contribution in [0.15, 0.2) is 12.1 Å². The molecule has 0 atom stereocenters. The molecular formula is C11H11F2NO2. The molecule has 1 aromatic rings. The Morgan fingerprint density at radius 3 is 2.38 bits per heavy atom. The van der Waals surface area contributed by atoms with Crippen LogP contribution in [0.4, 0.5) is 8.78 Å². The van der Waals surface area contributed by atoms with Crippen LogP contribution in [0.25, 0.3) is 0 Å². The second-order valence-corrected chi connectivity index (χ2v) is 2.93. The van der Waals surface area contributed by atoms with Gasteiger partial charge in [-0.25, -0.2) is 8.78 Å². The van der Waals surface area contributed by atoms with E-state index in [1.807, 2.05) is 6.92 Å². The molecule has 0 N–H and O–H groups in total. The first kappa shape index (κ1) is 12.4. The molecule has 0 aromatic heterocycles. The maximum atomic E-state index is 13.3. The lowest BCUT2D eigenvalue weighted by Crippen LogP contribution is -2.08. The third-order valence-corrected chi connectivity index (χ3v) is 1.81. The molecule has 0 bridgehead atoms. The van der Waals surface area contributed by atoms with Crippen molar-refractivity contribution in [3.05, 3.63) is 29.3 Å². The van der Waals surface area contributed by atoms with E-state index in [1.54, 1.807) is 6.07 Å². The molecule has 0 unspecified atom stereocenters. The average Bonchev–Trinajstić information content (AvgIpc) is 2.26. The lowest BCUT2D eigenvalue weighted by atomic mass is 10.2. The predicted molar refractivity (Wildman–Crippen MR) is 53.1 cm³/mol. The van der Waals surface area contributed by atoms with Gasteiger partial charge < -0.3 is 9.47 Å². The number of hydrogen-bond acceptors (Lipinski definition) is 3. The van der Waals surface area contributed by atoms with Crippen molar-refractivity contribution in [1.82, 2.24) is 0 Å². The van der Waals surface area contributed by atoms with Crippen LogP contribution in [0.2, 0.25) is 0 Å². The minimum absolute atomic E-state index is 0.0631. The van der Waals surface area contributed by atoms with Crippen LogP contribution in [0.1, 0.15) is 12.5 Å². The second-order valence-electron chi connectivity index (χ2n) is 2.93. The van der Waals surface area contributed by atoms with Crippen molar-refractivity contribution in [2.24, 2.45) is 0 Å². The van der Waals surface area contributed by atoms with Gasteiger partial charge in [-0.1, -0.05) is 0 Å². The molecule has 0 fully saturated rings. The molecule has 0 heterocycles. The molecule has 0 saturated heterocycles. The fourth-order valence-corrected chi connectivity index (χ4v) is 1.11. The molecule has 1 rings (SSSR count). The molecule has 5 heteroatoms. The molecule has 1 aromatic carbocycles. The minimum Gasteiger partial charge on any atom is -0.485 e. The van der Waals surface area contributed by atoms with Crippen LogP contribution in [-0.4, -0.2) is 19.8 Å². The fourth-order valence-electron chi connectivity index (χ4n) is 1.11. The van der Waals surface area contributed by atoms with E-state index < -0.39 is 17.4 Å². The molecule has 3 nitrogen and oxygen atoms in total. The van der Waals surface area contributed by atoms with Gasteiger partial charge in [-0.05, 0) is 19.1 Å². The Labute approximate surface area is 92.2 Å². The summed E-state index contributed by atoms with van der Waals surface area (Å²) in [5.74, 6) is -2.24. The van der Waals surface area contributed by atoms with E-state index in [-0.39, 0.29) is 18.8 Å². The van der Waals surface area contributed by atoms with Crippen molar-refractivity contribution in [3.63, 3.8) is 0 Å². The van der Waals surface area contributed by atoms with Gasteiger partial charge in [0.2, 0.25) is 0 Å². The molecule has 16 heavy (non-hydrogen) atoms. The zero-order valence-electron chi connectivity index (χ0n) is 8.80. The van der Waals surface area contributed by atoms with E-state index in [0.29, 0.717) is 6.61 Å². The standard InChI is InChI=1S/C11H11F2NO2/c1-2-15-3-4-16-11-9(12)5-8(7-14)6-10(11)13/h5-6H,2-4H2,1H3. The summed E-state index contributed by atoms with van der Waals surface area (Å²) in [4.78, 5) is 0. The van der Waals surface area contributed by atoms with Crippen molar-refractivity contribution in [1.29, 1.82) is 5.26 Å². The van der Waals surface area contributed by atoms with E-state index in [2.05, 4.69) is 0 Å². The van der Waals surface area contributed by atoms with Crippen LogP contribution in [0.5, 0.6) is 5.75 Å². The van der Waals surface area contributed by atoms with Crippen LogP contribution in [0.3, 0.4) is 0 Å². The Morgan fingerprint density at radius 2 is 1.88 bits per heavy atom. The quantitative estimate of drug-likeness (QED) is 0.724. The molecule has 0 aliphatic carbocycles. The normalized spacial score (nSPS) is 9.88. The average molecular weight is 227 g/mol. The molecule has 0 saturated carbocycles. The Balaban J connectivity index is 2.70. The molecule has 0 amide bonds. The second kappa shape index (κ2) is 6.03. The van der Waals surface area contributed by atoms with Gasteiger partial charge >= 0.3 is 0 Å². The number of halogens is 2. The Bertz CT molecular complexity index is 378. The molecule has 0 spiro atoms. The molecule has 0 aliphatic rings. The van der Waals surface area contributed by atoms with Crippen LogP contribution >= 0.6 is 0 Å². The fraction of sp³-hybridized carbons (Fsp3) is 0.364. The predicted octanol–water partition coefficient (Wildman–Crippen LogP) is 2.25. The van der Waals surface area contributed by atoms with E-state index in [0.717, 1.165) is 12.1 Å². The van der Waals surface area contributed by atoms with Crippen molar-refractivity contribution >= 4 is 0 Å². The third-order valence-electron chi connectivity index (χ3n) is 1.81. The van der Waals surface area contributed by atoms with Gasteiger partial charge in [-0.2, -0.15) is 5.26 Å². The molecule has 0 radical (unpaired) electrons. The smallest absolute Gasteiger partial charge is 0.190 e. The molecule has 0 aliphatic heterocycles. The summed E-state index contributed by atoms with van der Waals surface area (Å²) < 4.78 is 36.3. The highest BCUT2D eigenvalue weighted by atomic mass is 19.1. The number of hydrogen-bond donors (Lipinski definition) is 0. The van der Waals surface area contributed by atoms with Gasteiger partial charge in [-0.3, -0.25) is 0 Å². The summed E-state index contributed by atoms with van der Waals surface area (Å²) in [5.41, 5.74) is -0.0767. The van der Waals surface area contributed by atoms with Gasteiger partial charge in [0.15, 0.2) is 17.4 Å². The van der Waals surface area contributed by atoms with Crippen molar-refractivity contribution in [3.8, 4) is 11.8 Å². The monoisotopic (exact) mass is 227 g/mol. The number of ether oxygens (including phenoxy) is 2. The van der Waals surface area contributed by atoms with Crippen LogP contribution in [-0.2, 0) is 4.74 Å². The number of benzene rings is 1. The zero-order valence-corrected chi connectivity index (χ0v) is 8.80. The Kier molecular flexibility index (Phi) is 4.67. The number of nitriles is 1. The van der Waals surface area contributed by atoms with Gasteiger partial charge in [0.25, 0.3) is 0 Å². The van der Waals surface area contributed by atoms with E-state index >= 15 is 0 Å². The maximum Gasteiger partial charge on any atom is 0.190 e. The highest BCUT2D eigenvalue weighted by Crippen LogP contribution is 2.22. The van der Waals surface area contributed by atoms with Gasteiger partial charge in [0, 0.05) is 6.61 Å². The third kappa shape index (κ3) is 3.17. The first-order valence-corrected chi connectivity index (χ1v) is 4.78. The topological polar surface area (TPSA) is 42.2 Å². The van der Waals surface area contributed by atoms with Gasteiger partial charge in [0.1, 0.15) is 6.61 Å². The largest absolute Gasteiger partial charge is 0.485 e. The highest BCUT2D eigenvalue weighted by Gasteiger charge is 2.12. The van der Waals surface area contributed by atoms with Crippen molar-refractivity contribution in [2.75, 3.05) is 19.8 Å². The molecule has 86 valence electrons. The summed E-state index contributed by atoms with van der Waals surface area (Å²) >= 11 is 0. The summed E-state index contributed by atoms with van der Waals surface area (Å²) in [6.07, 6.45) is 0. The zero-order chi connectivity index (χ0) is 12.0. The number of rotatable bonds is 5.